The smallest absolute Gasteiger partial charge is 0.258 e. The van der Waals surface area contributed by atoms with Crippen LogP contribution in [-0.4, -0.2) is 15.6 Å². The number of anilines is 1. The number of hydrogen-bond donors (Lipinski definition) is 2. The SMILES string of the molecule is Cn1cc(C(=O)Nc2ccccc2O)c2ccccc2c1=O. The van der Waals surface area contributed by atoms with Crippen LogP contribution in [0.4, 0.5) is 5.69 Å². The molecule has 2 N–H and O–H groups in total. The molecule has 0 radical (unpaired) electrons. The topological polar surface area (TPSA) is 71.3 Å². The van der Waals surface area contributed by atoms with Crippen LogP contribution in [-0.2, 0) is 7.05 Å². The summed E-state index contributed by atoms with van der Waals surface area (Å²) in [4.78, 5) is 24.6. The molecule has 0 saturated heterocycles. The van der Waals surface area contributed by atoms with Crippen molar-refractivity contribution in [2.75, 3.05) is 5.32 Å². The molecule has 0 unspecified atom stereocenters. The van der Waals surface area contributed by atoms with Gasteiger partial charge in [-0.2, -0.15) is 0 Å². The van der Waals surface area contributed by atoms with E-state index in [-0.39, 0.29) is 17.2 Å². The number of carbonyl (C=O) groups excluding carboxylic acids is 1. The molecule has 0 saturated carbocycles. The zero-order chi connectivity index (χ0) is 15.7. The molecule has 22 heavy (non-hydrogen) atoms. The van der Waals surface area contributed by atoms with Gasteiger partial charge in [0.15, 0.2) is 0 Å². The number of aromatic hydroxyl groups is 1. The van der Waals surface area contributed by atoms with Crippen LogP contribution in [0.2, 0.25) is 0 Å². The Balaban J connectivity index is 2.11. The zero-order valence-corrected chi connectivity index (χ0v) is 11.9. The summed E-state index contributed by atoms with van der Waals surface area (Å²) in [6.07, 6.45) is 1.50. The van der Waals surface area contributed by atoms with Crippen LogP contribution in [0.5, 0.6) is 5.75 Å². The second-order valence-electron chi connectivity index (χ2n) is 4.98. The number of para-hydroxylation sites is 2. The highest BCUT2D eigenvalue weighted by atomic mass is 16.3. The fraction of sp³-hybridized carbons (Fsp3) is 0.0588. The van der Waals surface area contributed by atoms with E-state index < -0.39 is 0 Å². The van der Waals surface area contributed by atoms with Crippen LogP contribution in [0.25, 0.3) is 10.8 Å². The lowest BCUT2D eigenvalue weighted by Gasteiger charge is -2.10. The van der Waals surface area contributed by atoms with Crippen LogP contribution in [0.1, 0.15) is 10.4 Å². The second-order valence-corrected chi connectivity index (χ2v) is 4.98. The van der Waals surface area contributed by atoms with Crippen molar-refractivity contribution in [2.45, 2.75) is 0 Å². The number of amides is 1. The summed E-state index contributed by atoms with van der Waals surface area (Å²) in [6, 6.07) is 13.4. The van der Waals surface area contributed by atoms with Crippen molar-refractivity contribution in [2.24, 2.45) is 7.05 Å². The number of phenolic OH excluding ortho intramolecular Hbond substituents is 1. The van der Waals surface area contributed by atoms with E-state index in [9.17, 15) is 14.7 Å². The van der Waals surface area contributed by atoms with E-state index in [1.54, 1.807) is 49.5 Å². The van der Waals surface area contributed by atoms with Crippen molar-refractivity contribution in [3.8, 4) is 5.75 Å². The maximum atomic E-state index is 12.5. The average Bonchev–Trinajstić information content (AvgIpc) is 2.53. The molecule has 0 spiro atoms. The second kappa shape index (κ2) is 5.37. The van der Waals surface area contributed by atoms with Gasteiger partial charge >= 0.3 is 0 Å². The zero-order valence-electron chi connectivity index (χ0n) is 11.9. The molecule has 3 rings (SSSR count). The number of carbonyl (C=O) groups is 1. The molecule has 5 nitrogen and oxygen atoms in total. The maximum absolute atomic E-state index is 12.5. The number of hydrogen-bond acceptors (Lipinski definition) is 3. The molecule has 0 atom stereocenters. The van der Waals surface area contributed by atoms with E-state index in [2.05, 4.69) is 5.32 Å². The third-order valence-electron chi connectivity index (χ3n) is 3.49. The molecule has 0 aliphatic rings. The quantitative estimate of drug-likeness (QED) is 0.713. The number of nitrogens with zero attached hydrogens (tertiary/aromatic N) is 1. The summed E-state index contributed by atoms with van der Waals surface area (Å²) in [5.41, 5.74) is 0.543. The van der Waals surface area contributed by atoms with Crippen LogP contribution in [0, 0.1) is 0 Å². The first kappa shape index (κ1) is 13.9. The van der Waals surface area contributed by atoms with Gasteiger partial charge in [0.2, 0.25) is 0 Å². The Labute approximate surface area is 126 Å². The van der Waals surface area contributed by atoms with Crippen molar-refractivity contribution in [1.82, 2.24) is 4.57 Å². The van der Waals surface area contributed by atoms with E-state index in [4.69, 9.17) is 0 Å². The van der Waals surface area contributed by atoms with E-state index in [0.717, 1.165) is 0 Å². The number of fused-ring (bicyclic) bond motifs is 1. The van der Waals surface area contributed by atoms with Crippen LogP contribution in [0.3, 0.4) is 0 Å². The van der Waals surface area contributed by atoms with Gasteiger partial charge in [-0.3, -0.25) is 9.59 Å². The minimum atomic E-state index is -0.381. The summed E-state index contributed by atoms with van der Waals surface area (Å²) in [7, 11) is 1.60. The summed E-state index contributed by atoms with van der Waals surface area (Å²) >= 11 is 0. The highest BCUT2D eigenvalue weighted by molar-refractivity contribution is 6.12. The first-order valence-electron chi connectivity index (χ1n) is 6.75. The molecule has 3 aromatic rings. The molecule has 110 valence electrons. The number of pyridine rings is 1. The van der Waals surface area contributed by atoms with Gasteiger partial charge in [-0.1, -0.05) is 30.3 Å². The minimum Gasteiger partial charge on any atom is -0.506 e. The highest BCUT2D eigenvalue weighted by Gasteiger charge is 2.14. The molecule has 1 amide bonds. The predicted molar refractivity (Wildman–Crippen MR) is 85.2 cm³/mol. The van der Waals surface area contributed by atoms with Crippen molar-refractivity contribution < 1.29 is 9.90 Å². The Morgan fingerprint density at radius 2 is 1.68 bits per heavy atom. The summed E-state index contributed by atoms with van der Waals surface area (Å²) in [6.45, 7) is 0. The van der Waals surface area contributed by atoms with E-state index >= 15 is 0 Å². The molecule has 0 bridgehead atoms. The lowest BCUT2D eigenvalue weighted by Crippen LogP contribution is -2.21. The van der Waals surface area contributed by atoms with Gasteiger partial charge in [0.25, 0.3) is 11.5 Å². The van der Waals surface area contributed by atoms with Gasteiger partial charge in [0, 0.05) is 24.0 Å². The van der Waals surface area contributed by atoms with Crippen LogP contribution < -0.4 is 10.9 Å². The molecule has 1 aromatic heterocycles. The first-order chi connectivity index (χ1) is 10.6. The Bertz CT molecular complexity index is 929. The Morgan fingerprint density at radius 3 is 2.41 bits per heavy atom. The van der Waals surface area contributed by atoms with Gasteiger partial charge < -0.3 is 15.0 Å². The number of phenols is 1. The van der Waals surface area contributed by atoms with Crippen molar-refractivity contribution >= 4 is 22.4 Å². The average molecular weight is 294 g/mol. The molecule has 0 aliphatic carbocycles. The van der Waals surface area contributed by atoms with Gasteiger partial charge in [-0.25, -0.2) is 0 Å². The molecule has 5 heteroatoms. The molecule has 0 aliphatic heterocycles. The van der Waals surface area contributed by atoms with Gasteiger partial charge in [-0.15, -0.1) is 0 Å². The van der Waals surface area contributed by atoms with E-state index in [1.165, 1.54) is 16.8 Å². The van der Waals surface area contributed by atoms with Crippen molar-refractivity contribution in [3.63, 3.8) is 0 Å². The summed E-state index contributed by atoms with van der Waals surface area (Å²) in [5.74, 6) is -0.390. The molecule has 2 aromatic carbocycles. The number of aryl methyl sites for hydroxylation is 1. The largest absolute Gasteiger partial charge is 0.506 e. The molecular weight excluding hydrogens is 280 g/mol. The minimum absolute atomic E-state index is 0.00928. The third kappa shape index (κ3) is 2.33. The summed E-state index contributed by atoms with van der Waals surface area (Å²) < 4.78 is 1.38. The maximum Gasteiger partial charge on any atom is 0.258 e. The van der Waals surface area contributed by atoms with E-state index in [1.807, 2.05) is 0 Å². The molecular formula is C17H14N2O3. The monoisotopic (exact) mass is 294 g/mol. The van der Waals surface area contributed by atoms with Gasteiger partial charge in [0.05, 0.1) is 11.3 Å². The van der Waals surface area contributed by atoms with Gasteiger partial charge in [-0.05, 0) is 18.2 Å². The number of aromatic nitrogens is 1. The lowest BCUT2D eigenvalue weighted by atomic mass is 10.1. The third-order valence-corrected chi connectivity index (χ3v) is 3.49. The fourth-order valence-corrected chi connectivity index (χ4v) is 2.37. The van der Waals surface area contributed by atoms with Crippen LogP contribution in [0.15, 0.2) is 59.5 Å². The lowest BCUT2D eigenvalue weighted by molar-refractivity contribution is 0.102. The van der Waals surface area contributed by atoms with Gasteiger partial charge in [0.1, 0.15) is 5.75 Å². The summed E-state index contributed by atoms with van der Waals surface area (Å²) in [5, 5.41) is 13.5. The highest BCUT2D eigenvalue weighted by Crippen LogP contribution is 2.23. The number of rotatable bonds is 2. The Hall–Kier alpha value is -3.08. The van der Waals surface area contributed by atoms with E-state index in [0.29, 0.717) is 22.0 Å². The van der Waals surface area contributed by atoms with Crippen molar-refractivity contribution in [1.29, 1.82) is 0 Å². The predicted octanol–water partition coefficient (Wildman–Crippen LogP) is 2.50. The van der Waals surface area contributed by atoms with Crippen LogP contribution >= 0.6 is 0 Å². The molecule has 0 fully saturated rings. The number of benzene rings is 2. The first-order valence-corrected chi connectivity index (χ1v) is 6.75. The normalized spacial score (nSPS) is 10.6. The number of nitrogens with one attached hydrogen (secondary N) is 1. The Morgan fingerprint density at radius 1 is 1.05 bits per heavy atom. The van der Waals surface area contributed by atoms with Crippen molar-refractivity contribution in [3.05, 3.63) is 70.6 Å². The Kier molecular flexibility index (Phi) is 3.39. The fourth-order valence-electron chi connectivity index (χ4n) is 2.37. The molecule has 1 heterocycles. The standard InChI is InChI=1S/C17H14N2O3/c1-19-10-13(11-6-2-3-7-12(11)17(19)22)16(21)18-14-8-4-5-9-15(14)20/h2-10,20H,1H3,(H,18,21).